The molecule has 2 rings (SSSR count). The largest absolute Gasteiger partial charge is 0.455 e. The maximum atomic E-state index is 12.3. The van der Waals surface area contributed by atoms with E-state index in [1.54, 1.807) is 4.90 Å². The Balaban J connectivity index is 1.88. The van der Waals surface area contributed by atoms with Crippen molar-refractivity contribution < 1.29 is 23.9 Å². The fourth-order valence-electron chi connectivity index (χ4n) is 2.74. The first kappa shape index (κ1) is 19.4. The SMILES string of the molecule is CCc1ccccc1N1C[C@H](C(=O)OCC(=O)NCC(=O)NC)CC1=O. The number of likely N-dealkylation sites (N-methyl/N-ethyl adjacent to an activating group) is 1. The highest BCUT2D eigenvalue weighted by molar-refractivity contribution is 6.00. The van der Waals surface area contributed by atoms with Gasteiger partial charge < -0.3 is 20.3 Å². The monoisotopic (exact) mass is 361 g/mol. The molecule has 1 heterocycles. The molecular formula is C18H23N3O5. The molecule has 1 aromatic rings. The molecule has 0 unspecified atom stereocenters. The Kier molecular flexibility index (Phi) is 6.71. The third-order valence-corrected chi connectivity index (χ3v) is 4.19. The van der Waals surface area contributed by atoms with Gasteiger partial charge in [-0.2, -0.15) is 0 Å². The number of nitrogens with zero attached hydrogens (tertiary/aromatic N) is 1. The molecular weight excluding hydrogens is 338 g/mol. The van der Waals surface area contributed by atoms with Crippen molar-refractivity contribution in [3.05, 3.63) is 29.8 Å². The quantitative estimate of drug-likeness (QED) is 0.666. The van der Waals surface area contributed by atoms with Crippen LogP contribution in [0.4, 0.5) is 5.69 Å². The first-order valence-electron chi connectivity index (χ1n) is 8.48. The summed E-state index contributed by atoms with van der Waals surface area (Å²) in [5.74, 6) is -2.27. The first-order valence-corrected chi connectivity index (χ1v) is 8.48. The number of para-hydroxylation sites is 1. The number of hydrogen-bond donors (Lipinski definition) is 2. The third kappa shape index (κ3) is 4.81. The van der Waals surface area contributed by atoms with Gasteiger partial charge in [-0.15, -0.1) is 0 Å². The molecule has 140 valence electrons. The smallest absolute Gasteiger partial charge is 0.311 e. The highest BCUT2D eigenvalue weighted by Gasteiger charge is 2.36. The predicted octanol–water partition coefficient (Wildman–Crippen LogP) is 0.00730. The highest BCUT2D eigenvalue weighted by Crippen LogP contribution is 2.28. The summed E-state index contributed by atoms with van der Waals surface area (Å²) in [5.41, 5.74) is 1.84. The zero-order valence-corrected chi connectivity index (χ0v) is 14.9. The average molecular weight is 361 g/mol. The van der Waals surface area contributed by atoms with Gasteiger partial charge in [0.05, 0.1) is 12.5 Å². The van der Waals surface area contributed by atoms with Crippen LogP contribution in [0.3, 0.4) is 0 Å². The van der Waals surface area contributed by atoms with E-state index in [4.69, 9.17) is 4.74 Å². The molecule has 1 atom stereocenters. The lowest BCUT2D eigenvalue weighted by Crippen LogP contribution is -2.37. The second-order valence-corrected chi connectivity index (χ2v) is 5.95. The van der Waals surface area contributed by atoms with E-state index in [2.05, 4.69) is 10.6 Å². The van der Waals surface area contributed by atoms with Gasteiger partial charge in [0, 0.05) is 25.7 Å². The lowest BCUT2D eigenvalue weighted by Gasteiger charge is -2.19. The second kappa shape index (κ2) is 8.98. The van der Waals surface area contributed by atoms with E-state index in [1.807, 2.05) is 31.2 Å². The van der Waals surface area contributed by atoms with Crippen LogP contribution in [-0.4, -0.2) is 50.4 Å². The normalized spacial score (nSPS) is 16.3. The summed E-state index contributed by atoms with van der Waals surface area (Å²) in [4.78, 5) is 48.7. The molecule has 1 fully saturated rings. The van der Waals surface area contributed by atoms with Crippen LogP contribution in [-0.2, 0) is 30.3 Å². The molecule has 0 aromatic heterocycles. The van der Waals surface area contributed by atoms with Crippen LogP contribution in [0, 0.1) is 5.92 Å². The topological polar surface area (TPSA) is 105 Å². The molecule has 0 spiro atoms. The maximum Gasteiger partial charge on any atom is 0.311 e. The number of hydrogen-bond acceptors (Lipinski definition) is 5. The molecule has 1 aliphatic heterocycles. The fourth-order valence-corrected chi connectivity index (χ4v) is 2.74. The molecule has 8 nitrogen and oxygen atoms in total. The van der Waals surface area contributed by atoms with Crippen LogP contribution >= 0.6 is 0 Å². The summed E-state index contributed by atoms with van der Waals surface area (Å²) >= 11 is 0. The minimum atomic E-state index is -0.612. The van der Waals surface area contributed by atoms with Gasteiger partial charge in [0.25, 0.3) is 5.91 Å². The van der Waals surface area contributed by atoms with Crippen LogP contribution in [0.2, 0.25) is 0 Å². The van der Waals surface area contributed by atoms with Gasteiger partial charge in [-0.3, -0.25) is 19.2 Å². The number of carbonyl (C=O) groups excluding carboxylic acids is 4. The van der Waals surface area contributed by atoms with Crippen molar-refractivity contribution in [3.8, 4) is 0 Å². The lowest BCUT2D eigenvalue weighted by atomic mass is 10.1. The van der Waals surface area contributed by atoms with Crippen molar-refractivity contribution in [2.75, 3.05) is 31.6 Å². The van der Waals surface area contributed by atoms with E-state index in [0.717, 1.165) is 17.7 Å². The summed E-state index contributed by atoms with van der Waals surface area (Å²) in [6, 6.07) is 7.57. The van der Waals surface area contributed by atoms with Crippen molar-refractivity contribution in [1.82, 2.24) is 10.6 Å². The maximum absolute atomic E-state index is 12.3. The molecule has 2 N–H and O–H groups in total. The Morgan fingerprint density at radius 1 is 1.23 bits per heavy atom. The molecule has 0 saturated carbocycles. The van der Waals surface area contributed by atoms with Crippen LogP contribution in [0.1, 0.15) is 18.9 Å². The Morgan fingerprint density at radius 3 is 2.65 bits per heavy atom. The minimum absolute atomic E-state index is 0.0523. The molecule has 0 aliphatic carbocycles. The van der Waals surface area contributed by atoms with E-state index < -0.39 is 24.4 Å². The van der Waals surface area contributed by atoms with Gasteiger partial charge in [0.15, 0.2) is 6.61 Å². The molecule has 8 heteroatoms. The van der Waals surface area contributed by atoms with Gasteiger partial charge in [-0.05, 0) is 18.1 Å². The van der Waals surface area contributed by atoms with E-state index in [-0.39, 0.29) is 31.3 Å². The second-order valence-electron chi connectivity index (χ2n) is 5.95. The Labute approximate surface area is 151 Å². The van der Waals surface area contributed by atoms with Gasteiger partial charge >= 0.3 is 5.97 Å². The summed E-state index contributed by atoms with van der Waals surface area (Å²) in [5, 5.41) is 4.69. The molecule has 1 saturated heterocycles. The van der Waals surface area contributed by atoms with Gasteiger partial charge in [0.2, 0.25) is 11.8 Å². The fraction of sp³-hybridized carbons (Fsp3) is 0.444. The number of carbonyl (C=O) groups is 4. The van der Waals surface area contributed by atoms with Crippen molar-refractivity contribution >= 4 is 29.4 Å². The molecule has 1 aliphatic rings. The van der Waals surface area contributed by atoms with E-state index in [9.17, 15) is 19.2 Å². The molecule has 0 bridgehead atoms. The third-order valence-electron chi connectivity index (χ3n) is 4.19. The zero-order valence-electron chi connectivity index (χ0n) is 14.9. The van der Waals surface area contributed by atoms with Crippen molar-refractivity contribution in [3.63, 3.8) is 0 Å². The number of esters is 1. The average Bonchev–Trinajstić information content (AvgIpc) is 3.05. The number of amides is 3. The zero-order chi connectivity index (χ0) is 19.1. The number of benzene rings is 1. The van der Waals surface area contributed by atoms with E-state index >= 15 is 0 Å². The minimum Gasteiger partial charge on any atom is -0.455 e. The Bertz CT molecular complexity index is 704. The lowest BCUT2D eigenvalue weighted by molar-refractivity contribution is -0.152. The molecule has 1 aromatic carbocycles. The van der Waals surface area contributed by atoms with Crippen molar-refractivity contribution in [2.45, 2.75) is 19.8 Å². The Morgan fingerprint density at radius 2 is 1.96 bits per heavy atom. The van der Waals surface area contributed by atoms with Crippen LogP contribution in [0.15, 0.2) is 24.3 Å². The predicted molar refractivity (Wildman–Crippen MR) is 94.3 cm³/mol. The van der Waals surface area contributed by atoms with Crippen LogP contribution in [0.5, 0.6) is 0 Å². The van der Waals surface area contributed by atoms with Crippen LogP contribution < -0.4 is 15.5 Å². The summed E-state index contributed by atoms with van der Waals surface area (Å²) < 4.78 is 4.98. The number of aryl methyl sites for hydroxylation is 1. The highest BCUT2D eigenvalue weighted by atomic mass is 16.5. The van der Waals surface area contributed by atoms with Gasteiger partial charge in [0.1, 0.15) is 0 Å². The van der Waals surface area contributed by atoms with Crippen molar-refractivity contribution in [1.29, 1.82) is 0 Å². The standard InChI is InChI=1S/C18H23N3O5/c1-3-12-6-4-5-7-14(12)21-10-13(8-17(21)24)18(25)26-11-16(23)20-9-15(22)19-2/h4-7,13H,3,8-11H2,1-2H3,(H,19,22)(H,20,23)/t13-/m1/s1. The molecule has 3 amide bonds. The van der Waals surface area contributed by atoms with Gasteiger partial charge in [-0.1, -0.05) is 25.1 Å². The van der Waals surface area contributed by atoms with Crippen molar-refractivity contribution in [2.24, 2.45) is 5.92 Å². The summed E-state index contributed by atoms with van der Waals surface area (Å²) in [6.45, 7) is 1.57. The number of anilines is 1. The molecule has 26 heavy (non-hydrogen) atoms. The first-order chi connectivity index (χ1) is 12.5. The number of rotatable bonds is 7. The summed E-state index contributed by atoms with van der Waals surface area (Å²) in [7, 11) is 1.45. The molecule has 0 radical (unpaired) electrons. The number of ether oxygens (including phenoxy) is 1. The van der Waals surface area contributed by atoms with E-state index in [1.165, 1.54) is 7.05 Å². The summed E-state index contributed by atoms with van der Waals surface area (Å²) in [6.07, 6.45) is 0.831. The number of nitrogens with one attached hydrogen (secondary N) is 2. The van der Waals surface area contributed by atoms with Gasteiger partial charge in [-0.25, -0.2) is 0 Å². The van der Waals surface area contributed by atoms with Crippen LogP contribution in [0.25, 0.3) is 0 Å². The Hall–Kier alpha value is -2.90. The van der Waals surface area contributed by atoms with E-state index in [0.29, 0.717) is 0 Å².